The highest BCUT2D eigenvalue weighted by molar-refractivity contribution is 7.07. The molecule has 0 aliphatic carbocycles. The molecule has 0 saturated carbocycles. The summed E-state index contributed by atoms with van der Waals surface area (Å²) in [4.78, 5) is 32.0. The number of aromatic hydroxyl groups is 1. The van der Waals surface area contributed by atoms with Gasteiger partial charge in [-0.05, 0) is 61.7 Å². The van der Waals surface area contributed by atoms with Gasteiger partial charge in [-0.1, -0.05) is 23.5 Å². The fourth-order valence-corrected chi connectivity index (χ4v) is 5.63. The van der Waals surface area contributed by atoms with E-state index in [4.69, 9.17) is 18.9 Å². The molecule has 0 saturated heterocycles. The summed E-state index contributed by atoms with van der Waals surface area (Å²) in [7, 11) is 1.47. The van der Waals surface area contributed by atoms with Crippen LogP contribution in [0.25, 0.3) is 6.08 Å². The predicted molar refractivity (Wildman–Crippen MR) is 142 cm³/mol. The summed E-state index contributed by atoms with van der Waals surface area (Å²) in [6.45, 7) is 7.49. The highest BCUT2D eigenvalue weighted by Crippen LogP contribution is 2.38. The summed E-state index contributed by atoms with van der Waals surface area (Å²) >= 11 is 1.21. The maximum atomic E-state index is 13.9. The third-order valence-electron chi connectivity index (χ3n) is 6.29. The molecule has 5 rings (SSSR count). The average molecular weight is 535 g/mol. The number of hydrogen-bond donors (Lipinski definition) is 1. The van der Waals surface area contributed by atoms with E-state index < -0.39 is 12.0 Å². The van der Waals surface area contributed by atoms with Gasteiger partial charge < -0.3 is 24.1 Å². The molecule has 1 aromatic heterocycles. The van der Waals surface area contributed by atoms with Crippen molar-refractivity contribution in [1.82, 2.24) is 4.57 Å². The molecule has 1 atom stereocenters. The maximum absolute atomic E-state index is 13.9. The second kappa shape index (κ2) is 10.2. The van der Waals surface area contributed by atoms with E-state index in [2.05, 4.69) is 11.6 Å². The average Bonchev–Trinajstić information content (AvgIpc) is 3.48. The van der Waals surface area contributed by atoms with Crippen molar-refractivity contribution in [3.05, 3.63) is 90.6 Å². The molecule has 0 spiro atoms. The Morgan fingerprint density at radius 1 is 1.29 bits per heavy atom. The summed E-state index contributed by atoms with van der Waals surface area (Å²) in [5, 5.41) is 10.4. The topological polar surface area (TPSA) is 109 Å². The van der Waals surface area contributed by atoms with Crippen molar-refractivity contribution in [3.8, 4) is 23.0 Å². The van der Waals surface area contributed by atoms with Crippen LogP contribution in [0.5, 0.6) is 23.0 Å². The lowest BCUT2D eigenvalue weighted by molar-refractivity contribution is -0.139. The second-order valence-electron chi connectivity index (χ2n) is 8.64. The minimum absolute atomic E-state index is 0.0310. The molecular weight excluding hydrogens is 508 g/mol. The zero-order valence-electron chi connectivity index (χ0n) is 21.1. The Hall–Kier alpha value is -4.31. The first-order chi connectivity index (χ1) is 18.4. The third-order valence-corrected chi connectivity index (χ3v) is 7.27. The van der Waals surface area contributed by atoms with Crippen molar-refractivity contribution < 1.29 is 28.8 Å². The van der Waals surface area contributed by atoms with Crippen LogP contribution in [-0.4, -0.2) is 36.2 Å². The minimum Gasteiger partial charge on any atom is -0.504 e. The molecule has 3 heterocycles. The van der Waals surface area contributed by atoms with Crippen LogP contribution in [0.4, 0.5) is 0 Å². The highest BCUT2D eigenvalue weighted by atomic mass is 32.1. The molecule has 10 heteroatoms. The molecule has 9 nitrogen and oxygen atoms in total. The monoisotopic (exact) mass is 534 g/mol. The zero-order valence-corrected chi connectivity index (χ0v) is 22.0. The largest absolute Gasteiger partial charge is 0.504 e. The number of allylic oxidation sites excluding steroid dienone is 2. The van der Waals surface area contributed by atoms with Crippen LogP contribution in [-0.2, 0) is 16.0 Å². The first-order valence-electron chi connectivity index (χ1n) is 12.0. The molecule has 38 heavy (non-hydrogen) atoms. The number of carbonyl (C=O) groups is 1. The minimum atomic E-state index is -0.771. The Balaban J connectivity index is 1.71. The Morgan fingerprint density at radius 2 is 2.08 bits per heavy atom. The lowest BCUT2D eigenvalue weighted by Gasteiger charge is -2.24. The fraction of sp³-hybridized carbons (Fsp3) is 0.250. The number of benzene rings is 2. The molecule has 0 fully saturated rings. The molecule has 196 valence electrons. The van der Waals surface area contributed by atoms with E-state index in [-0.39, 0.29) is 30.3 Å². The van der Waals surface area contributed by atoms with Gasteiger partial charge in [0.15, 0.2) is 27.8 Å². The lowest BCUT2D eigenvalue weighted by atomic mass is 9.95. The van der Waals surface area contributed by atoms with E-state index in [0.717, 1.165) is 0 Å². The summed E-state index contributed by atoms with van der Waals surface area (Å²) in [6, 6.07) is 8.00. The molecule has 0 unspecified atom stereocenters. The number of carbonyl (C=O) groups excluding carboxylic acids is 1. The van der Waals surface area contributed by atoms with E-state index in [1.54, 1.807) is 56.3 Å². The van der Waals surface area contributed by atoms with Crippen molar-refractivity contribution in [2.24, 2.45) is 4.99 Å². The Labute approximate surface area is 222 Å². The predicted octanol–water partition coefficient (Wildman–Crippen LogP) is 2.97. The molecule has 2 aliphatic heterocycles. The first-order valence-corrected chi connectivity index (χ1v) is 12.8. The van der Waals surface area contributed by atoms with Gasteiger partial charge in [0.25, 0.3) is 5.56 Å². The number of rotatable bonds is 7. The van der Waals surface area contributed by atoms with Gasteiger partial charge in [0.2, 0.25) is 6.79 Å². The number of fused-ring (bicyclic) bond motifs is 2. The number of nitrogens with zero attached hydrogens (tertiary/aromatic N) is 2. The van der Waals surface area contributed by atoms with E-state index >= 15 is 0 Å². The van der Waals surface area contributed by atoms with Gasteiger partial charge in [-0.2, -0.15) is 0 Å². The van der Waals surface area contributed by atoms with Gasteiger partial charge in [0, 0.05) is 5.56 Å². The number of phenols is 1. The molecule has 0 radical (unpaired) electrons. The van der Waals surface area contributed by atoms with Gasteiger partial charge in [0.05, 0.1) is 35.6 Å². The van der Waals surface area contributed by atoms with Gasteiger partial charge >= 0.3 is 5.97 Å². The Bertz CT molecular complexity index is 1670. The number of hydrogen-bond acceptors (Lipinski definition) is 9. The third kappa shape index (κ3) is 4.37. The van der Waals surface area contributed by atoms with Crippen molar-refractivity contribution >= 4 is 23.4 Å². The number of thiazole rings is 1. The number of ether oxygens (including phenoxy) is 4. The lowest BCUT2D eigenvalue weighted by Crippen LogP contribution is -2.39. The standard InChI is InChI=1S/C28H26N2O7S/c1-5-7-18-10-16(11-21(34-4)25(18)31)12-22-26(32)30-24(17-8-9-19-20(13-17)37-14-36-19)23(27(33)35-6-2)15(3)29-28(30)38-22/h5,8-13,24,31H,1,6-7,14H2,2-4H3/b22-12+/t24-/m0/s1. The van der Waals surface area contributed by atoms with E-state index in [0.29, 0.717) is 55.4 Å². The van der Waals surface area contributed by atoms with Crippen molar-refractivity contribution in [3.63, 3.8) is 0 Å². The molecule has 0 amide bonds. The zero-order chi connectivity index (χ0) is 27.0. The van der Waals surface area contributed by atoms with E-state index in [9.17, 15) is 14.7 Å². The quantitative estimate of drug-likeness (QED) is 0.367. The van der Waals surface area contributed by atoms with Gasteiger partial charge in [-0.25, -0.2) is 9.79 Å². The van der Waals surface area contributed by atoms with Gasteiger partial charge in [0.1, 0.15) is 0 Å². The van der Waals surface area contributed by atoms with E-state index in [1.807, 2.05) is 0 Å². The summed E-state index contributed by atoms with van der Waals surface area (Å²) in [5.41, 5.74) is 2.39. The molecule has 2 aliphatic rings. The van der Waals surface area contributed by atoms with Crippen molar-refractivity contribution in [2.45, 2.75) is 26.3 Å². The number of esters is 1. The summed E-state index contributed by atoms with van der Waals surface area (Å²) in [5.74, 6) is 0.915. The van der Waals surface area contributed by atoms with Crippen LogP contribution >= 0.6 is 11.3 Å². The number of methoxy groups -OCH3 is 1. The SMILES string of the molecule is C=CCc1cc(/C=c2/sc3n(c2=O)[C@@H](c2ccc4c(c2)OCO4)C(C(=O)OCC)=C(C)N=3)cc(OC)c1O. The van der Waals surface area contributed by atoms with Crippen LogP contribution in [0.2, 0.25) is 0 Å². The Kier molecular flexibility index (Phi) is 6.81. The maximum Gasteiger partial charge on any atom is 0.338 e. The van der Waals surface area contributed by atoms with Crippen LogP contribution in [0, 0.1) is 0 Å². The highest BCUT2D eigenvalue weighted by Gasteiger charge is 2.34. The van der Waals surface area contributed by atoms with Crippen LogP contribution in [0.15, 0.2) is 64.0 Å². The normalized spacial score (nSPS) is 16.2. The van der Waals surface area contributed by atoms with Gasteiger partial charge in [-0.15, -0.1) is 6.58 Å². The van der Waals surface area contributed by atoms with E-state index in [1.165, 1.54) is 23.0 Å². The molecule has 1 N–H and O–H groups in total. The number of phenolic OH excluding ortho intramolecular Hbond substituents is 1. The van der Waals surface area contributed by atoms with Crippen LogP contribution < -0.4 is 29.1 Å². The smallest absolute Gasteiger partial charge is 0.338 e. The van der Waals surface area contributed by atoms with Gasteiger partial charge in [-0.3, -0.25) is 9.36 Å². The molecule has 0 bridgehead atoms. The molecule has 2 aromatic carbocycles. The van der Waals surface area contributed by atoms with Crippen LogP contribution in [0.1, 0.15) is 36.6 Å². The summed E-state index contributed by atoms with van der Waals surface area (Å²) < 4.78 is 23.6. The number of aromatic nitrogens is 1. The van der Waals surface area contributed by atoms with Crippen LogP contribution in [0.3, 0.4) is 0 Å². The Morgan fingerprint density at radius 3 is 2.82 bits per heavy atom. The first kappa shape index (κ1) is 25.3. The molecule has 3 aromatic rings. The van der Waals surface area contributed by atoms with Crippen molar-refractivity contribution in [1.29, 1.82) is 0 Å². The fourth-order valence-electron chi connectivity index (χ4n) is 4.58. The van der Waals surface area contributed by atoms with Crippen molar-refractivity contribution in [2.75, 3.05) is 20.5 Å². The molecular formula is C28H26N2O7S. The summed E-state index contributed by atoms with van der Waals surface area (Å²) in [6.07, 6.45) is 3.83. The second-order valence-corrected chi connectivity index (χ2v) is 9.65.